The monoisotopic (exact) mass is 685 g/mol. The Labute approximate surface area is 278 Å². The van der Waals surface area contributed by atoms with Gasteiger partial charge in [0.15, 0.2) is 0 Å². The number of carbonyl (C=O) groups is 2. The molecule has 0 unspecified atom stereocenters. The molecule has 5 rings (SSSR count). The van der Waals surface area contributed by atoms with Crippen molar-refractivity contribution in [2.24, 2.45) is 0 Å². The number of hydrogen-bond acceptors (Lipinski definition) is 5. The lowest BCUT2D eigenvalue weighted by Crippen LogP contribution is -2.47. The highest BCUT2D eigenvalue weighted by Crippen LogP contribution is 2.38. The number of methoxy groups -OCH3 is 1. The van der Waals surface area contributed by atoms with Gasteiger partial charge in [-0.1, -0.05) is 42.5 Å². The predicted molar refractivity (Wildman–Crippen MR) is 175 cm³/mol. The fourth-order valence-electron chi connectivity index (χ4n) is 5.57. The van der Waals surface area contributed by atoms with Crippen molar-refractivity contribution in [3.05, 3.63) is 113 Å². The fourth-order valence-corrected chi connectivity index (χ4v) is 5.57. The van der Waals surface area contributed by atoms with Crippen LogP contribution in [0, 0.1) is 0 Å². The van der Waals surface area contributed by atoms with Crippen molar-refractivity contribution in [2.45, 2.75) is 25.3 Å². The van der Waals surface area contributed by atoms with E-state index in [-0.39, 0.29) is 23.4 Å². The Balaban J connectivity index is 1.39. The summed E-state index contributed by atoms with van der Waals surface area (Å²) in [7, 11) is 1.60. The summed E-state index contributed by atoms with van der Waals surface area (Å²) in [6, 6.07) is 20.8. The summed E-state index contributed by atoms with van der Waals surface area (Å²) in [5, 5.41) is 7.44. The molecule has 1 fully saturated rings. The molecule has 8 nitrogen and oxygen atoms in total. The third-order valence-corrected chi connectivity index (χ3v) is 8.04. The molecule has 3 N–H and O–H groups in total. The van der Waals surface area contributed by atoms with Gasteiger partial charge in [-0.2, -0.15) is 26.3 Å². The standard InChI is InChI=1S/C35H33F6N5O3/c1-22(23-8-4-3-5-9-23)42-32(47)28-21-26(43-33(48)44-27-19-24(34(36,37)38)18-25(20-27)35(39,40)41)12-13-29(28)45-14-16-46(17-15-45)30-10-6-7-11-31(30)49-2/h3-13,18-22H,14-17H2,1-2H3,(H,42,47)(H2,43,44,48)/t22-/m1/s1. The van der Waals surface area contributed by atoms with Crippen LogP contribution in [-0.2, 0) is 12.4 Å². The molecular formula is C35H33F6N5O3. The lowest BCUT2D eigenvalue weighted by atomic mass is 10.1. The van der Waals surface area contributed by atoms with E-state index in [0.717, 1.165) is 17.0 Å². The minimum absolute atomic E-state index is 0.0285. The van der Waals surface area contributed by atoms with Gasteiger partial charge in [0, 0.05) is 43.2 Å². The number of nitrogens with one attached hydrogen (secondary N) is 3. The number of halogens is 6. The SMILES string of the molecule is COc1ccccc1N1CCN(c2ccc(NC(=O)Nc3cc(C(F)(F)F)cc(C(F)(F)F)c3)cc2C(=O)N[C@H](C)c2ccccc2)CC1. The number of urea groups is 1. The molecule has 258 valence electrons. The number of hydrogen-bond donors (Lipinski definition) is 3. The fraction of sp³-hybridized carbons (Fsp3) is 0.257. The molecule has 0 radical (unpaired) electrons. The van der Waals surface area contributed by atoms with Crippen LogP contribution >= 0.6 is 0 Å². The topological polar surface area (TPSA) is 85.9 Å². The first-order valence-electron chi connectivity index (χ1n) is 15.2. The van der Waals surface area contributed by atoms with Gasteiger partial charge in [0.25, 0.3) is 5.91 Å². The highest BCUT2D eigenvalue weighted by atomic mass is 19.4. The Hall–Kier alpha value is -5.40. The van der Waals surface area contributed by atoms with Crippen LogP contribution in [0.3, 0.4) is 0 Å². The van der Waals surface area contributed by atoms with E-state index in [0.29, 0.717) is 44.0 Å². The van der Waals surface area contributed by atoms with Crippen LogP contribution in [0.4, 0.5) is 53.9 Å². The van der Waals surface area contributed by atoms with Crippen molar-refractivity contribution in [1.82, 2.24) is 5.32 Å². The highest BCUT2D eigenvalue weighted by molar-refractivity contribution is 6.04. The van der Waals surface area contributed by atoms with Gasteiger partial charge in [0.2, 0.25) is 0 Å². The first-order valence-corrected chi connectivity index (χ1v) is 15.2. The van der Waals surface area contributed by atoms with Crippen molar-refractivity contribution >= 4 is 34.7 Å². The summed E-state index contributed by atoms with van der Waals surface area (Å²) in [4.78, 5) is 30.8. The summed E-state index contributed by atoms with van der Waals surface area (Å²) >= 11 is 0. The number of alkyl halides is 6. The summed E-state index contributed by atoms with van der Waals surface area (Å²) in [6.45, 7) is 4.12. The predicted octanol–water partition coefficient (Wildman–Crippen LogP) is 8.19. The van der Waals surface area contributed by atoms with Gasteiger partial charge in [-0.3, -0.25) is 4.79 Å². The lowest BCUT2D eigenvalue weighted by Gasteiger charge is -2.38. The van der Waals surface area contributed by atoms with E-state index >= 15 is 0 Å². The smallest absolute Gasteiger partial charge is 0.416 e. The number of amides is 3. The van der Waals surface area contributed by atoms with Crippen molar-refractivity contribution in [3.63, 3.8) is 0 Å². The number of carbonyl (C=O) groups excluding carboxylic acids is 2. The molecule has 0 aromatic heterocycles. The van der Waals surface area contributed by atoms with Crippen LogP contribution in [0.15, 0.2) is 91.0 Å². The van der Waals surface area contributed by atoms with Crippen molar-refractivity contribution in [1.29, 1.82) is 0 Å². The van der Waals surface area contributed by atoms with Crippen LogP contribution in [0.5, 0.6) is 5.75 Å². The second kappa shape index (κ2) is 14.4. The molecule has 4 aromatic carbocycles. The molecule has 1 atom stereocenters. The molecule has 3 amide bonds. The number of ether oxygens (including phenoxy) is 1. The number of rotatable bonds is 8. The number of anilines is 4. The van der Waals surface area contributed by atoms with Crippen molar-refractivity contribution < 1.29 is 40.7 Å². The van der Waals surface area contributed by atoms with Crippen LogP contribution in [0.2, 0.25) is 0 Å². The van der Waals surface area contributed by atoms with Gasteiger partial charge in [-0.05, 0) is 61.0 Å². The Morgan fingerprint density at radius 1 is 0.694 bits per heavy atom. The van der Waals surface area contributed by atoms with Gasteiger partial charge >= 0.3 is 18.4 Å². The average Bonchev–Trinajstić information content (AvgIpc) is 3.07. The normalized spacial score (nSPS) is 14.2. The van der Waals surface area contributed by atoms with Crippen LogP contribution < -0.4 is 30.5 Å². The first-order chi connectivity index (χ1) is 23.2. The minimum atomic E-state index is -5.08. The van der Waals surface area contributed by atoms with Gasteiger partial charge in [0.05, 0.1) is 35.5 Å². The Bertz CT molecular complexity index is 1760. The maximum absolute atomic E-state index is 13.7. The van der Waals surface area contributed by atoms with E-state index in [9.17, 15) is 35.9 Å². The van der Waals surface area contributed by atoms with Crippen LogP contribution in [-0.4, -0.2) is 45.2 Å². The van der Waals surface area contributed by atoms with Crippen molar-refractivity contribution in [2.75, 3.05) is 53.7 Å². The van der Waals surface area contributed by atoms with Crippen molar-refractivity contribution in [3.8, 4) is 5.75 Å². The zero-order chi connectivity index (χ0) is 35.3. The van der Waals surface area contributed by atoms with E-state index in [4.69, 9.17) is 4.74 Å². The highest BCUT2D eigenvalue weighted by Gasteiger charge is 2.37. The first kappa shape index (κ1) is 34.9. The van der Waals surface area contributed by atoms with E-state index in [1.54, 1.807) is 13.2 Å². The molecule has 1 aliphatic heterocycles. The second-order valence-electron chi connectivity index (χ2n) is 11.4. The minimum Gasteiger partial charge on any atom is -0.495 e. The van der Waals surface area contributed by atoms with Gasteiger partial charge in [-0.15, -0.1) is 0 Å². The Morgan fingerprint density at radius 3 is 1.84 bits per heavy atom. The van der Waals surface area contributed by atoms with Crippen LogP contribution in [0.1, 0.15) is 40.0 Å². The van der Waals surface area contributed by atoms with Gasteiger partial charge in [-0.25, -0.2) is 4.79 Å². The summed E-state index contributed by atoms with van der Waals surface area (Å²) in [6.07, 6.45) is -10.2. The average molecular weight is 686 g/mol. The molecule has 1 heterocycles. The molecule has 1 aliphatic rings. The molecular weight excluding hydrogens is 652 g/mol. The maximum Gasteiger partial charge on any atom is 0.416 e. The Morgan fingerprint density at radius 2 is 1.24 bits per heavy atom. The summed E-state index contributed by atoms with van der Waals surface area (Å²) < 4.78 is 85.5. The molecule has 0 spiro atoms. The maximum atomic E-state index is 13.7. The quantitative estimate of drug-likeness (QED) is 0.163. The number of nitrogens with zero attached hydrogens (tertiary/aromatic N) is 2. The third-order valence-electron chi connectivity index (χ3n) is 8.04. The summed E-state index contributed by atoms with van der Waals surface area (Å²) in [5.74, 6) is 0.287. The van der Waals surface area contributed by atoms with Gasteiger partial charge < -0.3 is 30.5 Å². The number of para-hydroxylation sites is 2. The molecule has 14 heteroatoms. The number of piperazine rings is 1. The molecule has 0 aliphatic carbocycles. The molecule has 0 bridgehead atoms. The van der Waals surface area contributed by atoms with Gasteiger partial charge in [0.1, 0.15) is 5.75 Å². The van der Waals surface area contributed by atoms with Crippen LogP contribution in [0.25, 0.3) is 0 Å². The third kappa shape index (κ3) is 8.55. The lowest BCUT2D eigenvalue weighted by molar-refractivity contribution is -0.143. The van der Waals surface area contributed by atoms with E-state index < -0.39 is 41.1 Å². The Kier molecular flexibility index (Phi) is 10.2. The number of benzene rings is 4. The zero-order valence-corrected chi connectivity index (χ0v) is 26.5. The molecule has 4 aromatic rings. The molecule has 1 saturated heterocycles. The van der Waals surface area contributed by atoms with E-state index in [2.05, 4.69) is 15.5 Å². The largest absolute Gasteiger partial charge is 0.495 e. The summed E-state index contributed by atoms with van der Waals surface area (Å²) in [5.41, 5.74) is -1.17. The zero-order valence-electron chi connectivity index (χ0n) is 26.5. The van der Waals surface area contributed by atoms with E-state index in [1.807, 2.05) is 71.7 Å². The molecule has 0 saturated carbocycles. The van der Waals surface area contributed by atoms with E-state index in [1.165, 1.54) is 12.1 Å². The molecule has 49 heavy (non-hydrogen) atoms. The second-order valence-corrected chi connectivity index (χ2v) is 11.4.